The first kappa shape index (κ1) is 9.51. The van der Waals surface area contributed by atoms with Gasteiger partial charge in [0.05, 0.1) is 0 Å². The predicted molar refractivity (Wildman–Crippen MR) is 54.6 cm³/mol. The molecule has 0 unspecified atom stereocenters. The van der Waals surface area contributed by atoms with Gasteiger partial charge in [0.15, 0.2) is 5.96 Å². The molecule has 0 saturated carbocycles. The van der Waals surface area contributed by atoms with Crippen molar-refractivity contribution in [3.63, 3.8) is 0 Å². The molecule has 4 heteroatoms. The summed E-state index contributed by atoms with van der Waals surface area (Å²) in [5.74, 6) is 1.11. The number of anilines is 1. The first-order valence-electron chi connectivity index (χ1n) is 4.20. The lowest BCUT2D eigenvalue weighted by Gasteiger charge is -2.04. The Morgan fingerprint density at radius 3 is 2.85 bits per heavy atom. The van der Waals surface area contributed by atoms with Crippen molar-refractivity contribution >= 4 is 11.8 Å². The highest BCUT2D eigenvalue weighted by molar-refractivity contribution is 5.91. The molecule has 0 amide bonds. The van der Waals surface area contributed by atoms with Gasteiger partial charge in [-0.2, -0.15) is 0 Å². The Bertz CT molecular complexity index is 279. The Labute approximate surface area is 77.9 Å². The molecule has 1 aromatic heterocycles. The second-order valence-electron chi connectivity index (χ2n) is 2.95. The van der Waals surface area contributed by atoms with Gasteiger partial charge in [-0.3, -0.25) is 4.99 Å². The number of nitrogens with one attached hydrogen (secondary N) is 1. The summed E-state index contributed by atoms with van der Waals surface area (Å²) in [6.45, 7) is 3.93. The monoisotopic (exact) mass is 178 g/mol. The maximum Gasteiger partial charge on any atom is 0.194 e. The molecule has 3 N–H and O–H groups in total. The molecule has 0 radical (unpaired) electrons. The van der Waals surface area contributed by atoms with E-state index < -0.39 is 0 Å². The predicted octanol–water partition coefficient (Wildman–Crippen LogP) is 1.22. The van der Waals surface area contributed by atoms with Crippen LogP contribution in [0, 0.1) is 0 Å². The number of hydrogen-bond acceptors (Lipinski definition) is 2. The number of hydrogen-bond donors (Lipinski definition) is 2. The van der Waals surface area contributed by atoms with Crippen molar-refractivity contribution < 1.29 is 0 Å². The Morgan fingerprint density at radius 1 is 1.54 bits per heavy atom. The largest absolute Gasteiger partial charge is 0.370 e. The van der Waals surface area contributed by atoms with Crippen LogP contribution in [0.25, 0.3) is 0 Å². The Hall–Kier alpha value is -1.58. The summed E-state index contributed by atoms with van der Waals surface area (Å²) in [5, 5.41) is 2.89. The highest BCUT2D eigenvalue weighted by Crippen LogP contribution is 1.98. The van der Waals surface area contributed by atoms with E-state index in [2.05, 4.69) is 15.3 Å². The smallest absolute Gasteiger partial charge is 0.194 e. The molecule has 1 rings (SSSR count). The zero-order chi connectivity index (χ0) is 9.68. The maximum atomic E-state index is 5.61. The van der Waals surface area contributed by atoms with Crippen molar-refractivity contribution in [2.45, 2.75) is 19.9 Å². The summed E-state index contributed by atoms with van der Waals surface area (Å²) in [5.41, 5.74) is 5.61. The summed E-state index contributed by atoms with van der Waals surface area (Å²) < 4.78 is 0. The molecule has 1 heterocycles. The summed E-state index contributed by atoms with van der Waals surface area (Å²) in [4.78, 5) is 8.17. The van der Waals surface area contributed by atoms with Crippen molar-refractivity contribution in [1.82, 2.24) is 4.98 Å². The van der Waals surface area contributed by atoms with Gasteiger partial charge >= 0.3 is 0 Å². The van der Waals surface area contributed by atoms with Gasteiger partial charge in [0.25, 0.3) is 0 Å². The summed E-state index contributed by atoms with van der Waals surface area (Å²) in [7, 11) is 0. The molecule has 0 aromatic carbocycles. The first-order chi connectivity index (χ1) is 6.18. The van der Waals surface area contributed by atoms with Gasteiger partial charge in [0.2, 0.25) is 0 Å². The van der Waals surface area contributed by atoms with Crippen molar-refractivity contribution in [3.8, 4) is 0 Å². The van der Waals surface area contributed by atoms with Gasteiger partial charge in [-0.15, -0.1) is 0 Å². The van der Waals surface area contributed by atoms with E-state index in [-0.39, 0.29) is 6.04 Å². The van der Waals surface area contributed by atoms with Gasteiger partial charge in [0, 0.05) is 12.2 Å². The standard InChI is InChI=1S/C9H14N4/c1-7(2)12-9(10)13-8-5-3-4-6-11-8/h3-7H,1-2H3,(H3,10,11,12,13). The summed E-state index contributed by atoms with van der Waals surface area (Å²) in [6.07, 6.45) is 1.70. The summed E-state index contributed by atoms with van der Waals surface area (Å²) in [6, 6.07) is 5.76. The van der Waals surface area contributed by atoms with Crippen LogP contribution < -0.4 is 11.1 Å². The zero-order valence-electron chi connectivity index (χ0n) is 7.86. The molecule has 13 heavy (non-hydrogen) atoms. The molecule has 0 aliphatic heterocycles. The molecule has 0 bridgehead atoms. The van der Waals surface area contributed by atoms with Crippen molar-refractivity contribution in [1.29, 1.82) is 0 Å². The molecule has 0 aliphatic carbocycles. The quantitative estimate of drug-likeness (QED) is 0.528. The van der Waals surface area contributed by atoms with Crippen molar-refractivity contribution in [3.05, 3.63) is 24.4 Å². The van der Waals surface area contributed by atoms with E-state index in [0.29, 0.717) is 11.8 Å². The maximum absolute atomic E-state index is 5.61. The van der Waals surface area contributed by atoms with Crippen molar-refractivity contribution in [2.24, 2.45) is 10.7 Å². The highest BCUT2D eigenvalue weighted by atomic mass is 15.1. The second kappa shape index (κ2) is 4.45. The minimum Gasteiger partial charge on any atom is -0.370 e. The molecule has 0 fully saturated rings. The normalized spacial score (nSPS) is 11.8. The second-order valence-corrected chi connectivity index (χ2v) is 2.95. The van der Waals surface area contributed by atoms with E-state index in [1.807, 2.05) is 32.0 Å². The van der Waals surface area contributed by atoms with Crippen LogP contribution in [0.15, 0.2) is 29.4 Å². The molecule has 0 saturated heterocycles. The lowest BCUT2D eigenvalue weighted by molar-refractivity contribution is 0.833. The fraction of sp³-hybridized carbons (Fsp3) is 0.333. The molecule has 0 atom stereocenters. The number of nitrogens with zero attached hydrogens (tertiary/aromatic N) is 2. The van der Waals surface area contributed by atoms with Crippen LogP contribution in [0.4, 0.5) is 5.82 Å². The van der Waals surface area contributed by atoms with E-state index in [1.165, 1.54) is 0 Å². The molecule has 1 aromatic rings. The number of pyridine rings is 1. The van der Waals surface area contributed by atoms with Gasteiger partial charge < -0.3 is 11.1 Å². The zero-order valence-corrected chi connectivity index (χ0v) is 7.86. The van der Waals surface area contributed by atoms with Gasteiger partial charge in [-0.25, -0.2) is 4.98 Å². The molecule has 4 nitrogen and oxygen atoms in total. The number of nitrogens with two attached hydrogens (primary N) is 1. The molecular weight excluding hydrogens is 164 g/mol. The van der Waals surface area contributed by atoms with Crippen LogP contribution in [0.1, 0.15) is 13.8 Å². The average Bonchev–Trinajstić information content (AvgIpc) is 2.04. The number of rotatable bonds is 2. The average molecular weight is 178 g/mol. The highest BCUT2D eigenvalue weighted by Gasteiger charge is 1.95. The van der Waals surface area contributed by atoms with Crippen LogP contribution in [-0.2, 0) is 0 Å². The SMILES string of the molecule is CC(C)N=C(N)Nc1ccccn1. The Balaban J connectivity index is 2.60. The third kappa shape index (κ3) is 3.55. The number of guanidine groups is 1. The van der Waals surface area contributed by atoms with Crippen LogP contribution in [0.2, 0.25) is 0 Å². The topological polar surface area (TPSA) is 63.3 Å². The Kier molecular flexibility index (Phi) is 3.25. The molecule has 70 valence electrons. The first-order valence-corrected chi connectivity index (χ1v) is 4.20. The Morgan fingerprint density at radius 2 is 2.31 bits per heavy atom. The van der Waals surface area contributed by atoms with Crippen LogP contribution >= 0.6 is 0 Å². The minimum absolute atomic E-state index is 0.191. The van der Waals surface area contributed by atoms with Gasteiger partial charge in [0.1, 0.15) is 5.82 Å². The molecule has 0 aliphatic rings. The fourth-order valence-corrected chi connectivity index (χ4v) is 0.878. The van der Waals surface area contributed by atoms with Crippen LogP contribution in [0.5, 0.6) is 0 Å². The van der Waals surface area contributed by atoms with E-state index in [1.54, 1.807) is 6.20 Å². The van der Waals surface area contributed by atoms with E-state index in [4.69, 9.17) is 5.73 Å². The lowest BCUT2D eigenvalue weighted by atomic mass is 10.4. The number of aromatic nitrogens is 1. The van der Waals surface area contributed by atoms with Gasteiger partial charge in [-0.05, 0) is 26.0 Å². The molecule has 0 spiro atoms. The molecular formula is C9H14N4. The number of aliphatic imine (C=N–C) groups is 1. The van der Waals surface area contributed by atoms with E-state index in [9.17, 15) is 0 Å². The lowest BCUT2D eigenvalue weighted by Crippen LogP contribution is -2.24. The summed E-state index contributed by atoms with van der Waals surface area (Å²) >= 11 is 0. The third-order valence-electron chi connectivity index (χ3n) is 1.32. The van der Waals surface area contributed by atoms with Crippen molar-refractivity contribution in [2.75, 3.05) is 5.32 Å². The van der Waals surface area contributed by atoms with Crippen LogP contribution in [-0.4, -0.2) is 17.0 Å². The van der Waals surface area contributed by atoms with E-state index in [0.717, 1.165) is 0 Å². The van der Waals surface area contributed by atoms with Gasteiger partial charge in [-0.1, -0.05) is 6.07 Å². The van der Waals surface area contributed by atoms with E-state index >= 15 is 0 Å². The minimum atomic E-state index is 0.191. The third-order valence-corrected chi connectivity index (χ3v) is 1.32. The van der Waals surface area contributed by atoms with Crippen LogP contribution in [0.3, 0.4) is 0 Å². The fourth-order valence-electron chi connectivity index (χ4n) is 0.878.